The highest BCUT2D eigenvalue weighted by Gasteiger charge is 2.12. The zero-order chi connectivity index (χ0) is 13.6. The van der Waals surface area contributed by atoms with E-state index in [2.05, 4.69) is 34.6 Å². The van der Waals surface area contributed by atoms with Gasteiger partial charge in [-0.25, -0.2) is 0 Å². The second kappa shape index (κ2) is 6.85. The average Bonchev–Trinajstić information content (AvgIpc) is 2.53. The molecule has 1 aromatic heterocycles. The Kier molecular flexibility index (Phi) is 4.65. The number of aromatic nitrogens is 1. The molecule has 2 aromatic rings. The van der Waals surface area contributed by atoms with Crippen LogP contribution in [0.15, 0.2) is 36.7 Å². The van der Waals surface area contributed by atoms with Gasteiger partial charge >= 0.3 is 0 Å². The van der Waals surface area contributed by atoms with Gasteiger partial charge < -0.3 is 5.32 Å². The number of fused-ring (bicyclic) bond motifs is 1. The molecule has 1 fully saturated rings. The normalized spacial score (nSPS) is 16.6. The maximum absolute atomic E-state index is 4.19. The van der Waals surface area contributed by atoms with Gasteiger partial charge in [0.25, 0.3) is 0 Å². The van der Waals surface area contributed by atoms with Crippen molar-refractivity contribution >= 4 is 10.8 Å². The largest absolute Gasteiger partial charge is 0.313 e. The number of pyridine rings is 1. The minimum Gasteiger partial charge on any atom is -0.313 e. The molecular weight excluding hydrogens is 244 g/mol. The summed E-state index contributed by atoms with van der Waals surface area (Å²) >= 11 is 0. The molecule has 1 saturated carbocycles. The van der Waals surface area contributed by atoms with Crippen LogP contribution in [-0.4, -0.2) is 11.5 Å². The van der Waals surface area contributed by atoms with Gasteiger partial charge in [0.2, 0.25) is 0 Å². The van der Waals surface area contributed by atoms with Crippen molar-refractivity contribution in [2.24, 2.45) is 5.92 Å². The van der Waals surface area contributed by atoms with E-state index in [4.69, 9.17) is 0 Å². The van der Waals surface area contributed by atoms with Crippen LogP contribution in [0.2, 0.25) is 0 Å². The van der Waals surface area contributed by atoms with Crippen LogP contribution >= 0.6 is 0 Å². The smallest absolute Gasteiger partial charge is 0.0346 e. The minimum atomic E-state index is 0.966. The van der Waals surface area contributed by atoms with E-state index in [0.717, 1.165) is 19.0 Å². The van der Waals surface area contributed by atoms with E-state index in [-0.39, 0.29) is 0 Å². The summed E-state index contributed by atoms with van der Waals surface area (Å²) in [5.41, 5.74) is 1.38. The van der Waals surface area contributed by atoms with Crippen LogP contribution in [0.1, 0.15) is 44.1 Å². The topological polar surface area (TPSA) is 24.9 Å². The van der Waals surface area contributed by atoms with Crippen molar-refractivity contribution in [1.29, 1.82) is 0 Å². The summed E-state index contributed by atoms with van der Waals surface area (Å²) in [5.74, 6) is 0.966. The van der Waals surface area contributed by atoms with Crippen molar-refractivity contribution in [3.63, 3.8) is 0 Å². The van der Waals surface area contributed by atoms with E-state index in [0.29, 0.717) is 0 Å². The Bertz CT molecular complexity index is 539. The Morgan fingerprint density at radius 3 is 2.90 bits per heavy atom. The van der Waals surface area contributed by atoms with E-state index < -0.39 is 0 Å². The summed E-state index contributed by atoms with van der Waals surface area (Å²) in [4.78, 5) is 4.19. The molecule has 1 aliphatic rings. The van der Waals surface area contributed by atoms with Crippen molar-refractivity contribution in [3.8, 4) is 0 Å². The van der Waals surface area contributed by atoms with Gasteiger partial charge in [-0.05, 0) is 35.9 Å². The van der Waals surface area contributed by atoms with Gasteiger partial charge in [0.15, 0.2) is 0 Å². The molecule has 20 heavy (non-hydrogen) atoms. The lowest BCUT2D eigenvalue weighted by molar-refractivity contribution is 0.334. The third-order valence-electron chi connectivity index (χ3n) is 4.54. The van der Waals surface area contributed by atoms with E-state index in [9.17, 15) is 0 Å². The molecule has 0 unspecified atom stereocenters. The Hall–Kier alpha value is -1.41. The highest BCUT2D eigenvalue weighted by molar-refractivity contribution is 5.84. The SMILES string of the molecule is c1cc(CNCCC2CCCCC2)c2ccncc2c1. The van der Waals surface area contributed by atoms with Crippen LogP contribution in [0.25, 0.3) is 10.8 Å². The first-order valence-corrected chi connectivity index (χ1v) is 7.96. The molecule has 0 aliphatic heterocycles. The molecule has 0 saturated heterocycles. The van der Waals surface area contributed by atoms with Gasteiger partial charge in [-0.3, -0.25) is 4.98 Å². The Morgan fingerprint density at radius 1 is 1.10 bits per heavy atom. The number of nitrogens with one attached hydrogen (secondary N) is 1. The standard InChI is InChI=1S/C18H24N2/c1-2-5-15(6-3-1)9-11-19-13-16-7-4-8-17-14-20-12-10-18(16)17/h4,7-8,10,12,14-15,19H,1-3,5-6,9,11,13H2. The van der Waals surface area contributed by atoms with Gasteiger partial charge in [-0.15, -0.1) is 0 Å². The van der Waals surface area contributed by atoms with Crippen molar-refractivity contribution in [2.75, 3.05) is 6.54 Å². The predicted molar refractivity (Wildman–Crippen MR) is 84.6 cm³/mol. The van der Waals surface area contributed by atoms with Crippen LogP contribution in [0.5, 0.6) is 0 Å². The molecule has 0 radical (unpaired) electrons. The van der Waals surface area contributed by atoms with Crippen molar-refractivity contribution in [1.82, 2.24) is 10.3 Å². The van der Waals surface area contributed by atoms with Crippen LogP contribution in [-0.2, 0) is 6.54 Å². The van der Waals surface area contributed by atoms with Gasteiger partial charge in [0.1, 0.15) is 0 Å². The number of benzene rings is 1. The first-order chi connectivity index (χ1) is 9.93. The third-order valence-corrected chi connectivity index (χ3v) is 4.54. The summed E-state index contributed by atoms with van der Waals surface area (Å²) in [5, 5.41) is 6.18. The quantitative estimate of drug-likeness (QED) is 0.818. The lowest BCUT2D eigenvalue weighted by Crippen LogP contribution is -2.19. The molecule has 2 heteroatoms. The average molecular weight is 268 g/mol. The zero-order valence-electron chi connectivity index (χ0n) is 12.1. The maximum Gasteiger partial charge on any atom is 0.0346 e. The third kappa shape index (κ3) is 3.37. The van der Waals surface area contributed by atoms with Crippen LogP contribution in [0, 0.1) is 5.92 Å². The van der Waals surface area contributed by atoms with Gasteiger partial charge in [-0.1, -0.05) is 50.3 Å². The minimum absolute atomic E-state index is 0.966. The van der Waals surface area contributed by atoms with Crippen molar-refractivity contribution in [3.05, 3.63) is 42.2 Å². The molecule has 0 spiro atoms. The predicted octanol–water partition coefficient (Wildman–Crippen LogP) is 4.29. The lowest BCUT2D eigenvalue weighted by atomic mass is 9.87. The summed E-state index contributed by atoms with van der Waals surface area (Å²) in [6.45, 7) is 2.11. The highest BCUT2D eigenvalue weighted by atomic mass is 14.8. The van der Waals surface area contributed by atoms with Gasteiger partial charge in [0.05, 0.1) is 0 Å². The number of hydrogen-bond acceptors (Lipinski definition) is 2. The van der Waals surface area contributed by atoms with Crippen molar-refractivity contribution < 1.29 is 0 Å². The molecule has 3 rings (SSSR count). The number of rotatable bonds is 5. The van der Waals surface area contributed by atoms with E-state index in [1.165, 1.54) is 54.9 Å². The molecule has 0 amide bonds. The van der Waals surface area contributed by atoms with Gasteiger partial charge in [0, 0.05) is 24.3 Å². The van der Waals surface area contributed by atoms with Crippen LogP contribution < -0.4 is 5.32 Å². The molecule has 0 bridgehead atoms. The van der Waals surface area contributed by atoms with Gasteiger partial charge in [-0.2, -0.15) is 0 Å². The molecule has 1 heterocycles. The summed E-state index contributed by atoms with van der Waals surface area (Å²) in [7, 11) is 0. The summed E-state index contributed by atoms with van der Waals surface area (Å²) < 4.78 is 0. The molecule has 1 aromatic carbocycles. The second-order valence-electron chi connectivity index (χ2n) is 5.98. The molecule has 2 nitrogen and oxygen atoms in total. The molecule has 0 atom stereocenters. The molecule has 1 N–H and O–H groups in total. The summed E-state index contributed by atoms with van der Waals surface area (Å²) in [6.07, 6.45) is 12.4. The Labute approximate surface area is 121 Å². The van der Waals surface area contributed by atoms with E-state index >= 15 is 0 Å². The highest BCUT2D eigenvalue weighted by Crippen LogP contribution is 2.25. The fraction of sp³-hybridized carbons (Fsp3) is 0.500. The fourth-order valence-corrected chi connectivity index (χ4v) is 3.35. The van der Waals surface area contributed by atoms with E-state index in [1.54, 1.807) is 0 Å². The van der Waals surface area contributed by atoms with Crippen LogP contribution in [0.3, 0.4) is 0 Å². The molecular formula is C18H24N2. The maximum atomic E-state index is 4.19. The Morgan fingerprint density at radius 2 is 2.00 bits per heavy atom. The lowest BCUT2D eigenvalue weighted by Gasteiger charge is -2.21. The molecule has 1 aliphatic carbocycles. The zero-order valence-corrected chi connectivity index (χ0v) is 12.1. The first kappa shape index (κ1) is 13.6. The fourth-order valence-electron chi connectivity index (χ4n) is 3.35. The van der Waals surface area contributed by atoms with Crippen LogP contribution in [0.4, 0.5) is 0 Å². The Balaban J connectivity index is 1.52. The first-order valence-electron chi connectivity index (χ1n) is 7.96. The monoisotopic (exact) mass is 268 g/mol. The number of hydrogen-bond donors (Lipinski definition) is 1. The summed E-state index contributed by atoms with van der Waals surface area (Å²) in [6, 6.07) is 8.60. The molecule has 106 valence electrons. The van der Waals surface area contributed by atoms with E-state index in [1.807, 2.05) is 12.4 Å². The second-order valence-corrected chi connectivity index (χ2v) is 5.98. The number of nitrogens with zero attached hydrogens (tertiary/aromatic N) is 1. The van der Waals surface area contributed by atoms with Crippen molar-refractivity contribution in [2.45, 2.75) is 45.1 Å².